The van der Waals surface area contributed by atoms with E-state index in [9.17, 15) is 14.7 Å². The topological polar surface area (TPSA) is 93.1 Å². The Labute approximate surface area is 106 Å². The monoisotopic (exact) mass is 260 g/mol. The van der Waals surface area contributed by atoms with Gasteiger partial charge in [-0.25, -0.2) is 4.79 Å². The summed E-state index contributed by atoms with van der Waals surface area (Å²) in [5, 5.41) is 18.0. The highest BCUT2D eigenvalue weighted by atomic mass is 16.6. The number of unbranched alkanes of at least 4 members (excludes halogenated alkanes) is 3. The lowest BCUT2D eigenvalue weighted by molar-refractivity contribution is -0.153. The predicted molar refractivity (Wildman–Crippen MR) is 61.9 cm³/mol. The second-order valence-electron chi connectivity index (χ2n) is 4.32. The molecule has 0 aliphatic carbocycles. The highest BCUT2D eigenvalue weighted by Crippen LogP contribution is 2.17. The number of ketones is 1. The molecule has 104 valence electrons. The van der Waals surface area contributed by atoms with E-state index in [2.05, 4.69) is 6.92 Å². The minimum atomic E-state index is -1.38. The van der Waals surface area contributed by atoms with Gasteiger partial charge < -0.3 is 19.7 Å². The highest BCUT2D eigenvalue weighted by molar-refractivity contribution is 6.09. The van der Waals surface area contributed by atoms with Gasteiger partial charge in [0, 0.05) is 6.61 Å². The zero-order valence-corrected chi connectivity index (χ0v) is 10.5. The van der Waals surface area contributed by atoms with Gasteiger partial charge in [-0.05, 0) is 6.42 Å². The van der Waals surface area contributed by atoms with Crippen molar-refractivity contribution in [3.8, 4) is 0 Å². The van der Waals surface area contributed by atoms with Gasteiger partial charge in [0.05, 0.1) is 6.61 Å². The number of carbonyl (C=O) groups is 2. The molecule has 1 heterocycles. The first-order chi connectivity index (χ1) is 8.61. The van der Waals surface area contributed by atoms with Crippen molar-refractivity contribution in [2.24, 2.45) is 0 Å². The van der Waals surface area contributed by atoms with Gasteiger partial charge in [-0.3, -0.25) is 4.79 Å². The Bertz CT molecular complexity index is 290. The normalized spacial score (nSPS) is 25.3. The van der Waals surface area contributed by atoms with E-state index in [0.717, 1.165) is 25.7 Å². The zero-order chi connectivity index (χ0) is 13.5. The average molecular weight is 260 g/mol. The number of ether oxygens (including phenoxy) is 2. The summed E-state index contributed by atoms with van der Waals surface area (Å²) in [6.07, 6.45) is -0.00290. The molecular formula is C12H20O6. The average Bonchev–Trinajstić information content (AvgIpc) is 2.65. The number of rotatable bonds is 8. The lowest BCUT2D eigenvalue weighted by atomic mass is 10.1. The third-order valence-electron chi connectivity index (χ3n) is 2.81. The number of aliphatic hydroxyl groups excluding tert-OH is 2. The standard InChI is InChI=1S/C12H20O6/c1-2-3-4-5-6-17-11-9(15)10(8(14)7-13)18-12(11)16/h8,10-11,13-14H,2-7H2,1H3/t8-,10+,11?/m0/s1. The maximum atomic E-state index is 11.7. The number of hydrogen-bond acceptors (Lipinski definition) is 6. The molecule has 0 amide bonds. The van der Waals surface area contributed by atoms with E-state index in [1.165, 1.54) is 0 Å². The van der Waals surface area contributed by atoms with Gasteiger partial charge in [-0.15, -0.1) is 0 Å². The fraction of sp³-hybridized carbons (Fsp3) is 0.833. The molecule has 1 rings (SSSR count). The van der Waals surface area contributed by atoms with Crippen molar-refractivity contribution in [2.45, 2.75) is 50.9 Å². The number of carbonyl (C=O) groups excluding carboxylic acids is 2. The second-order valence-corrected chi connectivity index (χ2v) is 4.32. The molecule has 1 aliphatic heterocycles. The first kappa shape index (κ1) is 15.1. The Balaban J connectivity index is 2.37. The minimum Gasteiger partial charge on any atom is -0.449 e. The van der Waals surface area contributed by atoms with E-state index in [1.54, 1.807) is 0 Å². The molecule has 0 radical (unpaired) electrons. The summed E-state index contributed by atoms with van der Waals surface area (Å²) in [5.41, 5.74) is 0. The Morgan fingerprint density at radius 2 is 2.06 bits per heavy atom. The van der Waals surface area contributed by atoms with Gasteiger partial charge in [0.15, 0.2) is 6.10 Å². The summed E-state index contributed by atoms with van der Waals surface area (Å²) < 4.78 is 9.88. The van der Waals surface area contributed by atoms with Crippen LogP contribution in [0.25, 0.3) is 0 Å². The van der Waals surface area contributed by atoms with Crippen LogP contribution in [0.3, 0.4) is 0 Å². The summed E-state index contributed by atoms with van der Waals surface area (Å²) in [5.74, 6) is -1.40. The van der Waals surface area contributed by atoms with Crippen LogP contribution in [0.2, 0.25) is 0 Å². The Hall–Kier alpha value is -0.980. The van der Waals surface area contributed by atoms with Crippen LogP contribution in [-0.4, -0.2) is 53.5 Å². The molecule has 2 N–H and O–H groups in total. The number of Topliss-reactive ketones (excluding diaryl/α,β-unsaturated/α-hetero) is 1. The van der Waals surface area contributed by atoms with Crippen LogP contribution in [0.4, 0.5) is 0 Å². The Kier molecular flexibility index (Phi) is 6.24. The number of cyclic esters (lactones) is 1. The molecule has 0 aromatic carbocycles. The van der Waals surface area contributed by atoms with Crippen molar-refractivity contribution in [3.05, 3.63) is 0 Å². The number of hydrogen-bond donors (Lipinski definition) is 2. The number of esters is 1. The molecule has 0 bridgehead atoms. The summed E-state index contributed by atoms with van der Waals surface area (Å²) >= 11 is 0. The Morgan fingerprint density at radius 3 is 2.67 bits per heavy atom. The van der Waals surface area contributed by atoms with Crippen LogP contribution >= 0.6 is 0 Å². The molecule has 1 saturated heterocycles. The zero-order valence-electron chi connectivity index (χ0n) is 10.5. The SMILES string of the molecule is CCCCCCOC1C(=O)O[C@H]([C@@H](O)CO)C1=O. The molecule has 18 heavy (non-hydrogen) atoms. The van der Waals surface area contributed by atoms with Crippen LogP contribution in [0.15, 0.2) is 0 Å². The third kappa shape index (κ3) is 3.76. The van der Waals surface area contributed by atoms with Gasteiger partial charge >= 0.3 is 5.97 Å². The second kappa shape index (κ2) is 7.45. The first-order valence-corrected chi connectivity index (χ1v) is 6.26. The van der Waals surface area contributed by atoms with Gasteiger partial charge in [0.2, 0.25) is 11.9 Å². The molecule has 0 saturated carbocycles. The first-order valence-electron chi connectivity index (χ1n) is 6.26. The van der Waals surface area contributed by atoms with Crippen molar-refractivity contribution >= 4 is 11.8 Å². The van der Waals surface area contributed by atoms with Gasteiger partial charge in [0.25, 0.3) is 0 Å². The Morgan fingerprint density at radius 1 is 1.33 bits per heavy atom. The maximum Gasteiger partial charge on any atom is 0.344 e. The quantitative estimate of drug-likeness (QED) is 0.356. The van der Waals surface area contributed by atoms with Crippen LogP contribution in [0.5, 0.6) is 0 Å². The summed E-state index contributed by atoms with van der Waals surface area (Å²) in [6, 6.07) is 0. The molecule has 1 fully saturated rings. The van der Waals surface area contributed by atoms with Crippen molar-refractivity contribution in [3.63, 3.8) is 0 Å². The van der Waals surface area contributed by atoms with Crippen LogP contribution in [-0.2, 0) is 19.1 Å². The van der Waals surface area contributed by atoms with Crippen LogP contribution < -0.4 is 0 Å². The van der Waals surface area contributed by atoms with Gasteiger partial charge in [-0.1, -0.05) is 26.2 Å². The molecule has 0 spiro atoms. The van der Waals surface area contributed by atoms with Crippen molar-refractivity contribution < 1.29 is 29.3 Å². The van der Waals surface area contributed by atoms with Crippen LogP contribution in [0.1, 0.15) is 32.6 Å². The van der Waals surface area contributed by atoms with E-state index in [4.69, 9.17) is 14.6 Å². The molecule has 6 heteroatoms. The van der Waals surface area contributed by atoms with Gasteiger partial charge in [-0.2, -0.15) is 0 Å². The van der Waals surface area contributed by atoms with E-state index in [1.807, 2.05) is 0 Å². The molecule has 0 aromatic heterocycles. The lowest BCUT2D eigenvalue weighted by Crippen LogP contribution is -2.37. The lowest BCUT2D eigenvalue weighted by Gasteiger charge is -2.12. The van der Waals surface area contributed by atoms with E-state index >= 15 is 0 Å². The minimum absolute atomic E-state index is 0.313. The fourth-order valence-corrected chi connectivity index (χ4v) is 1.75. The molecule has 3 atom stereocenters. The van der Waals surface area contributed by atoms with Crippen LogP contribution in [0, 0.1) is 0 Å². The smallest absolute Gasteiger partial charge is 0.344 e. The molecule has 6 nitrogen and oxygen atoms in total. The molecule has 1 aliphatic rings. The van der Waals surface area contributed by atoms with Crippen molar-refractivity contribution in [1.29, 1.82) is 0 Å². The largest absolute Gasteiger partial charge is 0.449 e. The van der Waals surface area contributed by atoms with E-state index < -0.39 is 36.7 Å². The summed E-state index contributed by atoms with van der Waals surface area (Å²) in [6.45, 7) is 1.76. The molecule has 1 unspecified atom stereocenters. The third-order valence-corrected chi connectivity index (χ3v) is 2.81. The van der Waals surface area contributed by atoms with E-state index in [0.29, 0.717) is 6.61 Å². The fourth-order valence-electron chi connectivity index (χ4n) is 1.75. The predicted octanol–water partition coefficient (Wildman–Crippen LogP) is -0.200. The number of aliphatic hydroxyl groups is 2. The molecular weight excluding hydrogens is 240 g/mol. The summed E-state index contributed by atoms with van der Waals surface area (Å²) in [4.78, 5) is 23.1. The highest BCUT2D eigenvalue weighted by Gasteiger charge is 2.47. The van der Waals surface area contributed by atoms with Crippen molar-refractivity contribution in [2.75, 3.05) is 13.2 Å². The van der Waals surface area contributed by atoms with E-state index in [-0.39, 0.29) is 0 Å². The maximum absolute atomic E-state index is 11.7. The molecule has 0 aromatic rings. The van der Waals surface area contributed by atoms with Crippen molar-refractivity contribution in [1.82, 2.24) is 0 Å². The summed E-state index contributed by atoms with van der Waals surface area (Å²) in [7, 11) is 0. The van der Waals surface area contributed by atoms with Gasteiger partial charge in [0.1, 0.15) is 6.10 Å².